The number of nitrogens with one attached hydrogen (secondary N) is 1. The van der Waals surface area contributed by atoms with E-state index in [0.717, 1.165) is 21.8 Å². The number of nitrogens with zero attached hydrogens (tertiary/aromatic N) is 3. The molecule has 0 aliphatic rings. The van der Waals surface area contributed by atoms with Crippen molar-refractivity contribution in [3.63, 3.8) is 0 Å². The fourth-order valence-electron chi connectivity index (χ4n) is 1.97. The molecule has 0 aliphatic heterocycles. The summed E-state index contributed by atoms with van der Waals surface area (Å²) in [6.45, 7) is 0. The summed E-state index contributed by atoms with van der Waals surface area (Å²) in [5, 5.41) is 19.8. The van der Waals surface area contributed by atoms with Crippen LogP contribution in [0.1, 0.15) is 5.56 Å². The lowest BCUT2D eigenvalue weighted by atomic mass is 10.2. The SMILES string of the molecule is N#Cc1cccc(NC(=O)CSc2nnc(-c3ccc(Br)cc3)o2)c1. The summed E-state index contributed by atoms with van der Waals surface area (Å²) in [6, 6.07) is 16.2. The van der Waals surface area contributed by atoms with Crippen LogP contribution < -0.4 is 5.32 Å². The normalized spacial score (nSPS) is 10.2. The van der Waals surface area contributed by atoms with Crippen molar-refractivity contribution < 1.29 is 9.21 Å². The number of anilines is 1. The van der Waals surface area contributed by atoms with Crippen LogP contribution in [0.15, 0.2) is 62.6 Å². The summed E-state index contributed by atoms with van der Waals surface area (Å²) in [7, 11) is 0. The lowest BCUT2D eigenvalue weighted by Crippen LogP contribution is -2.14. The first kappa shape index (κ1) is 17.2. The van der Waals surface area contributed by atoms with E-state index in [9.17, 15) is 4.79 Å². The third-order valence-corrected chi connectivity index (χ3v) is 4.45. The second kappa shape index (κ2) is 7.96. The Morgan fingerprint density at radius 2 is 2.04 bits per heavy atom. The van der Waals surface area contributed by atoms with E-state index in [1.807, 2.05) is 30.3 Å². The predicted molar refractivity (Wildman–Crippen MR) is 97.9 cm³/mol. The van der Waals surface area contributed by atoms with Crippen LogP contribution in [-0.4, -0.2) is 21.9 Å². The number of amides is 1. The molecule has 0 spiro atoms. The molecule has 1 N–H and O–H groups in total. The molecule has 0 radical (unpaired) electrons. The Bertz CT molecular complexity index is 934. The summed E-state index contributed by atoms with van der Waals surface area (Å²) in [5.74, 6) is 0.305. The highest BCUT2D eigenvalue weighted by Crippen LogP contribution is 2.24. The lowest BCUT2D eigenvalue weighted by Gasteiger charge is -2.03. The largest absolute Gasteiger partial charge is 0.411 e. The van der Waals surface area contributed by atoms with Crippen molar-refractivity contribution >= 4 is 39.3 Å². The Morgan fingerprint density at radius 1 is 1.24 bits per heavy atom. The fourth-order valence-corrected chi connectivity index (χ4v) is 2.80. The maximum atomic E-state index is 12.0. The molecule has 3 rings (SSSR count). The highest BCUT2D eigenvalue weighted by Gasteiger charge is 2.11. The van der Waals surface area contributed by atoms with Gasteiger partial charge in [-0.2, -0.15) is 5.26 Å². The average Bonchev–Trinajstić information content (AvgIpc) is 3.10. The smallest absolute Gasteiger partial charge is 0.277 e. The summed E-state index contributed by atoms with van der Waals surface area (Å²) < 4.78 is 6.51. The monoisotopic (exact) mass is 414 g/mol. The van der Waals surface area contributed by atoms with Crippen LogP contribution in [0.3, 0.4) is 0 Å². The number of thioether (sulfide) groups is 1. The van der Waals surface area contributed by atoms with Crippen LogP contribution in [0.5, 0.6) is 0 Å². The highest BCUT2D eigenvalue weighted by atomic mass is 79.9. The first-order valence-corrected chi connectivity index (χ1v) is 8.94. The van der Waals surface area contributed by atoms with Crippen molar-refractivity contribution in [3.05, 3.63) is 58.6 Å². The van der Waals surface area contributed by atoms with E-state index in [-0.39, 0.29) is 11.7 Å². The van der Waals surface area contributed by atoms with Gasteiger partial charge in [0.25, 0.3) is 5.22 Å². The van der Waals surface area contributed by atoms with E-state index in [0.29, 0.717) is 22.4 Å². The third-order valence-electron chi connectivity index (χ3n) is 3.10. The van der Waals surface area contributed by atoms with Gasteiger partial charge in [0.2, 0.25) is 11.8 Å². The standard InChI is InChI=1S/C17H11BrN4O2S/c18-13-6-4-12(5-7-13)16-21-22-17(24-16)25-10-15(23)20-14-3-1-2-11(8-14)9-19/h1-8H,10H2,(H,20,23). The molecule has 8 heteroatoms. The fraction of sp³-hybridized carbons (Fsp3) is 0.0588. The molecule has 1 aromatic heterocycles. The molecule has 6 nitrogen and oxygen atoms in total. The Labute approximate surface area is 156 Å². The van der Waals surface area contributed by atoms with Gasteiger partial charge in [-0.05, 0) is 42.5 Å². The second-order valence-corrected chi connectivity index (χ2v) is 6.75. The molecule has 0 saturated heterocycles. The number of halogens is 1. The van der Waals surface area contributed by atoms with Crippen LogP contribution in [0, 0.1) is 11.3 Å². The Hall–Kier alpha value is -2.63. The van der Waals surface area contributed by atoms with Gasteiger partial charge >= 0.3 is 0 Å². The highest BCUT2D eigenvalue weighted by molar-refractivity contribution is 9.10. The van der Waals surface area contributed by atoms with Crippen molar-refractivity contribution in [2.45, 2.75) is 5.22 Å². The number of hydrogen-bond acceptors (Lipinski definition) is 6. The third kappa shape index (κ3) is 4.68. The molecule has 124 valence electrons. The van der Waals surface area contributed by atoms with Crippen LogP contribution in [0.2, 0.25) is 0 Å². The van der Waals surface area contributed by atoms with Crippen molar-refractivity contribution in [2.75, 3.05) is 11.1 Å². The first-order valence-electron chi connectivity index (χ1n) is 7.16. The van der Waals surface area contributed by atoms with Crippen LogP contribution in [0.25, 0.3) is 11.5 Å². The molecule has 1 heterocycles. The lowest BCUT2D eigenvalue weighted by molar-refractivity contribution is -0.113. The van der Waals surface area contributed by atoms with Crippen molar-refractivity contribution in [2.24, 2.45) is 0 Å². The van der Waals surface area contributed by atoms with Gasteiger partial charge in [-0.1, -0.05) is 33.8 Å². The number of benzene rings is 2. The molecular formula is C17H11BrN4O2S. The van der Waals surface area contributed by atoms with Gasteiger partial charge in [0.15, 0.2) is 0 Å². The van der Waals surface area contributed by atoms with Crippen LogP contribution in [0.4, 0.5) is 5.69 Å². The molecule has 0 bridgehead atoms. The molecule has 0 atom stereocenters. The van der Waals surface area contributed by atoms with E-state index in [4.69, 9.17) is 9.68 Å². The minimum absolute atomic E-state index is 0.124. The minimum Gasteiger partial charge on any atom is -0.411 e. The van der Waals surface area contributed by atoms with Gasteiger partial charge in [-0.15, -0.1) is 10.2 Å². The number of aromatic nitrogens is 2. The number of rotatable bonds is 5. The van der Waals surface area contributed by atoms with E-state index in [1.54, 1.807) is 24.3 Å². The van der Waals surface area contributed by atoms with Crippen LogP contribution >= 0.6 is 27.7 Å². The van der Waals surface area contributed by atoms with E-state index in [2.05, 4.69) is 31.4 Å². The van der Waals surface area contributed by atoms with Crippen molar-refractivity contribution in [1.29, 1.82) is 5.26 Å². The molecule has 25 heavy (non-hydrogen) atoms. The first-order chi connectivity index (χ1) is 12.1. The van der Waals surface area contributed by atoms with Crippen molar-refractivity contribution in [1.82, 2.24) is 10.2 Å². The maximum Gasteiger partial charge on any atom is 0.277 e. The van der Waals surface area contributed by atoms with Crippen molar-refractivity contribution in [3.8, 4) is 17.5 Å². The van der Waals surface area contributed by atoms with E-state index < -0.39 is 0 Å². The Balaban J connectivity index is 1.57. The zero-order chi connectivity index (χ0) is 17.6. The Morgan fingerprint density at radius 3 is 2.80 bits per heavy atom. The van der Waals surface area contributed by atoms with Gasteiger partial charge in [0, 0.05) is 15.7 Å². The number of nitriles is 1. The number of carbonyl (C=O) groups is 1. The molecule has 0 saturated carbocycles. The van der Waals surface area contributed by atoms with Gasteiger partial charge < -0.3 is 9.73 Å². The summed E-state index contributed by atoms with van der Waals surface area (Å²) in [5.41, 5.74) is 1.87. The quantitative estimate of drug-likeness (QED) is 0.631. The zero-order valence-electron chi connectivity index (χ0n) is 12.8. The molecule has 3 aromatic rings. The van der Waals surface area contributed by atoms with Gasteiger partial charge in [-0.25, -0.2) is 0 Å². The van der Waals surface area contributed by atoms with Gasteiger partial charge in [0.05, 0.1) is 17.4 Å². The minimum atomic E-state index is -0.219. The van der Waals surface area contributed by atoms with Crippen LogP contribution in [-0.2, 0) is 4.79 Å². The molecule has 2 aromatic carbocycles. The zero-order valence-corrected chi connectivity index (χ0v) is 15.2. The van der Waals surface area contributed by atoms with Gasteiger partial charge in [-0.3, -0.25) is 4.79 Å². The molecule has 1 amide bonds. The maximum absolute atomic E-state index is 12.0. The van der Waals surface area contributed by atoms with E-state index in [1.165, 1.54) is 0 Å². The summed E-state index contributed by atoms with van der Waals surface area (Å²) in [4.78, 5) is 12.0. The number of carbonyl (C=O) groups excluding carboxylic acids is 1. The van der Waals surface area contributed by atoms with Gasteiger partial charge in [0.1, 0.15) is 0 Å². The topological polar surface area (TPSA) is 91.8 Å². The molecule has 0 aliphatic carbocycles. The Kier molecular flexibility index (Phi) is 5.48. The molecule has 0 fully saturated rings. The summed E-state index contributed by atoms with van der Waals surface area (Å²) in [6.07, 6.45) is 0. The second-order valence-electron chi connectivity index (χ2n) is 4.91. The predicted octanol–water partition coefficient (Wildman–Crippen LogP) is 4.10. The summed E-state index contributed by atoms with van der Waals surface area (Å²) >= 11 is 4.52. The van der Waals surface area contributed by atoms with E-state index >= 15 is 0 Å². The average molecular weight is 415 g/mol. The molecule has 0 unspecified atom stereocenters. The molecular weight excluding hydrogens is 404 g/mol. The number of hydrogen-bond donors (Lipinski definition) is 1.